The average Bonchev–Trinajstić information content (AvgIpc) is 2.93. The molecule has 2 heterocycles. The number of benzene rings is 1. The predicted molar refractivity (Wildman–Crippen MR) is 71.4 cm³/mol. The van der Waals surface area contributed by atoms with E-state index in [0.717, 1.165) is 11.5 Å². The molecule has 4 nitrogen and oxygen atoms in total. The van der Waals surface area contributed by atoms with E-state index in [1.54, 1.807) is 16.7 Å². The number of rotatable bonds is 2. The van der Waals surface area contributed by atoms with Crippen molar-refractivity contribution < 1.29 is 8.81 Å². The number of aryl methyl sites for hydroxylation is 1. The highest BCUT2D eigenvalue weighted by molar-refractivity contribution is 5.79. The van der Waals surface area contributed by atoms with Gasteiger partial charge in [0.2, 0.25) is 5.95 Å². The van der Waals surface area contributed by atoms with Gasteiger partial charge in [0.1, 0.15) is 17.0 Å². The summed E-state index contributed by atoms with van der Waals surface area (Å²) < 4.78 is 21.1. The number of anilines is 1. The highest BCUT2D eigenvalue weighted by Gasteiger charge is 2.19. The number of aromatic nitrogens is 2. The molecule has 1 aromatic carbocycles. The van der Waals surface area contributed by atoms with E-state index < -0.39 is 0 Å². The maximum Gasteiger partial charge on any atom is 0.202 e. The fourth-order valence-corrected chi connectivity index (χ4v) is 2.31. The maximum absolute atomic E-state index is 13.7. The van der Waals surface area contributed by atoms with Crippen molar-refractivity contribution in [1.29, 1.82) is 0 Å². The number of nitrogens with two attached hydrogens (primary N) is 1. The predicted octanol–water partition coefficient (Wildman–Crippen LogP) is 3.27. The van der Waals surface area contributed by atoms with Crippen molar-refractivity contribution >= 4 is 17.0 Å². The average molecular weight is 259 g/mol. The van der Waals surface area contributed by atoms with Gasteiger partial charge in [-0.2, -0.15) is 0 Å². The first-order chi connectivity index (χ1) is 9.08. The molecule has 5 heteroatoms. The van der Waals surface area contributed by atoms with Crippen LogP contribution in [0.25, 0.3) is 11.0 Å². The molecule has 0 spiro atoms. The van der Waals surface area contributed by atoms with E-state index in [1.165, 1.54) is 6.07 Å². The minimum atomic E-state index is -0.370. The third kappa shape index (κ3) is 1.78. The highest BCUT2D eigenvalue weighted by Crippen LogP contribution is 2.29. The molecule has 2 aromatic heterocycles. The summed E-state index contributed by atoms with van der Waals surface area (Å²) in [5.41, 5.74) is 6.86. The quantitative estimate of drug-likeness (QED) is 0.768. The molecule has 98 valence electrons. The number of fused-ring (bicyclic) bond motifs is 1. The van der Waals surface area contributed by atoms with E-state index in [1.807, 2.05) is 26.0 Å². The van der Waals surface area contributed by atoms with Gasteiger partial charge in [-0.05, 0) is 38.1 Å². The number of furan rings is 1. The normalized spacial score (nSPS) is 13.0. The van der Waals surface area contributed by atoms with E-state index in [-0.39, 0.29) is 23.3 Å². The topological polar surface area (TPSA) is 57.0 Å². The first-order valence-electron chi connectivity index (χ1n) is 6.06. The van der Waals surface area contributed by atoms with Gasteiger partial charge in [-0.1, -0.05) is 6.07 Å². The molecule has 3 rings (SSSR count). The van der Waals surface area contributed by atoms with Gasteiger partial charge in [0.25, 0.3) is 0 Å². The van der Waals surface area contributed by atoms with Crippen LogP contribution in [0.5, 0.6) is 0 Å². The van der Waals surface area contributed by atoms with E-state index in [4.69, 9.17) is 10.2 Å². The minimum absolute atomic E-state index is 0.138. The Hall–Kier alpha value is -2.30. The van der Waals surface area contributed by atoms with Crippen molar-refractivity contribution in [2.24, 2.45) is 0 Å². The SMILES string of the molecule is Cc1ccc(C(C)n2c(N)nc3c(F)cccc32)o1. The summed E-state index contributed by atoms with van der Waals surface area (Å²) in [5.74, 6) is 1.51. The summed E-state index contributed by atoms with van der Waals surface area (Å²) in [6.45, 7) is 3.83. The van der Waals surface area contributed by atoms with Crippen LogP contribution in [0.4, 0.5) is 10.3 Å². The lowest BCUT2D eigenvalue weighted by molar-refractivity contribution is 0.435. The van der Waals surface area contributed by atoms with Gasteiger partial charge in [0.05, 0.1) is 11.6 Å². The Kier molecular flexibility index (Phi) is 2.55. The first kappa shape index (κ1) is 11.8. The van der Waals surface area contributed by atoms with Gasteiger partial charge in [0, 0.05) is 0 Å². The molecule has 0 aliphatic carbocycles. The van der Waals surface area contributed by atoms with E-state index in [9.17, 15) is 4.39 Å². The lowest BCUT2D eigenvalue weighted by atomic mass is 10.2. The molecule has 1 unspecified atom stereocenters. The molecule has 19 heavy (non-hydrogen) atoms. The smallest absolute Gasteiger partial charge is 0.202 e. The summed E-state index contributed by atoms with van der Waals surface area (Å²) in [7, 11) is 0. The molecule has 3 aromatic rings. The Morgan fingerprint density at radius 1 is 1.32 bits per heavy atom. The summed E-state index contributed by atoms with van der Waals surface area (Å²) in [4.78, 5) is 4.09. The van der Waals surface area contributed by atoms with Crippen LogP contribution in [0.2, 0.25) is 0 Å². The second-order valence-electron chi connectivity index (χ2n) is 4.57. The molecule has 0 radical (unpaired) electrons. The Morgan fingerprint density at radius 3 is 2.79 bits per heavy atom. The van der Waals surface area contributed by atoms with Crippen molar-refractivity contribution in [3.63, 3.8) is 0 Å². The van der Waals surface area contributed by atoms with Gasteiger partial charge >= 0.3 is 0 Å². The zero-order valence-corrected chi connectivity index (χ0v) is 10.7. The van der Waals surface area contributed by atoms with E-state index >= 15 is 0 Å². The molecule has 2 N–H and O–H groups in total. The Morgan fingerprint density at radius 2 is 2.11 bits per heavy atom. The largest absolute Gasteiger partial charge is 0.464 e. The number of nitrogens with zero attached hydrogens (tertiary/aromatic N) is 2. The van der Waals surface area contributed by atoms with Crippen LogP contribution in [0.3, 0.4) is 0 Å². The highest BCUT2D eigenvalue weighted by atomic mass is 19.1. The number of hydrogen-bond acceptors (Lipinski definition) is 3. The second kappa shape index (κ2) is 4.12. The van der Waals surface area contributed by atoms with Gasteiger partial charge in [-0.25, -0.2) is 9.37 Å². The van der Waals surface area contributed by atoms with Crippen molar-refractivity contribution in [1.82, 2.24) is 9.55 Å². The van der Waals surface area contributed by atoms with Crippen LogP contribution in [0, 0.1) is 12.7 Å². The van der Waals surface area contributed by atoms with Crippen LogP contribution >= 0.6 is 0 Å². The maximum atomic E-state index is 13.7. The third-order valence-electron chi connectivity index (χ3n) is 3.26. The molecule has 0 fully saturated rings. The van der Waals surface area contributed by atoms with Crippen LogP contribution in [-0.4, -0.2) is 9.55 Å². The van der Waals surface area contributed by atoms with Gasteiger partial charge in [-0.15, -0.1) is 0 Å². The van der Waals surface area contributed by atoms with Gasteiger partial charge in [0.15, 0.2) is 5.82 Å². The number of para-hydroxylation sites is 1. The van der Waals surface area contributed by atoms with Crippen LogP contribution < -0.4 is 5.73 Å². The molecule has 0 aliphatic rings. The zero-order valence-electron chi connectivity index (χ0n) is 10.7. The summed E-state index contributed by atoms with van der Waals surface area (Å²) in [6, 6.07) is 8.47. The van der Waals surface area contributed by atoms with Gasteiger partial charge in [-0.3, -0.25) is 4.57 Å². The Bertz CT molecular complexity index is 744. The van der Waals surface area contributed by atoms with Crippen LogP contribution in [0.1, 0.15) is 24.5 Å². The molecule has 0 saturated carbocycles. The molecule has 0 amide bonds. The fourth-order valence-electron chi connectivity index (χ4n) is 2.31. The molecule has 1 atom stereocenters. The number of hydrogen-bond donors (Lipinski definition) is 1. The monoisotopic (exact) mass is 259 g/mol. The van der Waals surface area contributed by atoms with E-state index in [0.29, 0.717) is 5.52 Å². The fraction of sp³-hybridized carbons (Fsp3) is 0.214. The molecular weight excluding hydrogens is 245 g/mol. The van der Waals surface area contributed by atoms with Crippen molar-refractivity contribution in [3.8, 4) is 0 Å². The third-order valence-corrected chi connectivity index (χ3v) is 3.26. The number of nitrogen functional groups attached to an aromatic ring is 1. The summed E-state index contributed by atoms with van der Waals surface area (Å²) in [5, 5.41) is 0. The van der Waals surface area contributed by atoms with Crippen molar-refractivity contribution in [2.45, 2.75) is 19.9 Å². The summed E-state index contributed by atoms with van der Waals surface area (Å²) >= 11 is 0. The molecule has 0 bridgehead atoms. The van der Waals surface area contributed by atoms with Gasteiger partial charge < -0.3 is 10.2 Å². The Balaban J connectivity index is 2.19. The second-order valence-corrected chi connectivity index (χ2v) is 4.57. The Labute approximate surface area is 109 Å². The summed E-state index contributed by atoms with van der Waals surface area (Å²) in [6.07, 6.45) is 0. The zero-order chi connectivity index (χ0) is 13.6. The number of imidazole rings is 1. The minimum Gasteiger partial charge on any atom is -0.464 e. The van der Waals surface area contributed by atoms with Crippen LogP contribution in [0.15, 0.2) is 34.7 Å². The standard InChI is InChI=1S/C14H14FN3O/c1-8-6-7-12(19-8)9(2)18-11-5-3-4-10(15)13(11)17-14(18)16/h3-7,9H,1-2H3,(H2,16,17). The molecule has 0 aliphatic heterocycles. The van der Waals surface area contributed by atoms with Crippen LogP contribution in [-0.2, 0) is 0 Å². The van der Waals surface area contributed by atoms with Crippen molar-refractivity contribution in [3.05, 3.63) is 47.7 Å². The molecular formula is C14H14FN3O. The molecule has 0 saturated heterocycles. The lowest BCUT2D eigenvalue weighted by Gasteiger charge is -2.13. The van der Waals surface area contributed by atoms with E-state index in [2.05, 4.69) is 4.98 Å². The lowest BCUT2D eigenvalue weighted by Crippen LogP contribution is -2.09. The number of halogens is 1. The first-order valence-corrected chi connectivity index (χ1v) is 6.06. The van der Waals surface area contributed by atoms with Crippen molar-refractivity contribution in [2.75, 3.05) is 5.73 Å².